The van der Waals surface area contributed by atoms with Crippen LogP contribution in [0.25, 0.3) is 0 Å². The summed E-state index contributed by atoms with van der Waals surface area (Å²) in [5.74, 6) is 0.412. The molecule has 0 saturated carbocycles. The molecule has 2 aromatic carbocycles. The maximum absolute atomic E-state index is 12.6. The van der Waals surface area contributed by atoms with Crippen LogP contribution in [0.1, 0.15) is 24.8 Å². The minimum Gasteiger partial charge on any atom is -0.457 e. The van der Waals surface area contributed by atoms with Crippen LogP contribution < -0.4 is 10.2 Å². The Balaban J connectivity index is 1.83. The summed E-state index contributed by atoms with van der Waals surface area (Å²) in [6, 6.07) is 16.3. The molecule has 138 valence electrons. The fourth-order valence-electron chi connectivity index (χ4n) is 3.32. The summed E-state index contributed by atoms with van der Waals surface area (Å²) >= 11 is 0. The Morgan fingerprint density at radius 1 is 1.04 bits per heavy atom. The van der Waals surface area contributed by atoms with Gasteiger partial charge in [0.2, 0.25) is 0 Å². The number of ether oxygens (including phenoxy) is 1. The quantitative estimate of drug-likeness (QED) is 0.619. The van der Waals surface area contributed by atoms with Crippen molar-refractivity contribution < 1.29 is 23.2 Å². The summed E-state index contributed by atoms with van der Waals surface area (Å²) in [7, 11) is -3.66. The summed E-state index contributed by atoms with van der Waals surface area (Å²) in [5, 5.41) is 9.09. The van der Waals surface area contributed by atoms with Crippen LogP contribution in [-0.2, 0) is 21.1 Å². The first-order valence-corrected chi connectivity index (χ1v) is 10.1. The molecule has 1 amide bonds. The summed E-state index contributed by atoms with van der Waals surface area (Å²) in [6.45, 7) is 0. The van der Waals surface area contributed by atoms with E-state index in [1.165, 1.54) is 0 Å². The molecule has 7 heteroatoms. The number of hydroxylamine groups is 1. The van der Waals surface area contributed by atoms with Crippen molar-refractivity contribution in [1.82, 2.24) is 5.48 Å². The average molecular weight is 375 g/mol. The van der Waals surface area contributed by atoms with Gasteiger partial charge in [0.05, 0.1) is 5.75 Å². The van der Waals surface area contributed by atoms with E-state index in [0.717, 1.165) is 0 Å². The number of hydrogen-bond acceptors (Lipinski definition) is 5. The molecule has 1 atom stereocenters. The van der Waals surface area contributed by atoms with E-state index in [9.17, 15) is 13.2 Å². The second kappa shape index (κ2) is 7.47. The van der Waals surface area contributed by atoms with Crippen LogP contribution in [-0.4, -0.2) is 30.0 Å². The molecule has 1 saturated heterocycles. The maximum atomic E-state index is 12.6. The predicted octanol–water partition coefficient (Wildman–Crippen LogP) is 2.86. The fourth-order valence-corrected chi connectivity index (χ4v) is 5.46. The largest absolute Gasteiger partial charge is 0.457 e. The number of carbonyl (C=O) groups excluding carboxylic acids is 1. The Morgan fingerprint density at radius 3 is 2.31 bits per heavy atom. The highest BCUT2D eigenvalue weighted by Crippen LogP contribution is 2.35. The summed E-state index contributed by atoms with van der Waals surface area (Å²) < 4.78 is 29.3. The lowest BCUT2D eigenvalue weighted by Crippen LogP contribution is -2.55. The van der Waals surface area contributed by atoms with Gasteiger partial charge in [0.25, 0.3) is 5.91 Å². The van der Waals surface area contributed by atoms with Crippen LogP contribution in [0.5, 0.6) is 11.5 Å². The van der Waals surface area contributed by atoms with Crippen molar-refractivity contribution in [1.29, 1.82) is 0 Å². The van der Waals surface area contributed by atoms with Crippen LogP contribution >= 0.6 is 0 Å². The first-order chi connectivity index (χ1) is 12.5. The van der Waals surface area contributed by atoms with Gasteiger partial charge in [0.15, 0.2) is 14.6 Å². The van der Waals surface area contributed by atoms with E-state index < -0.39 is 20.5 Å². The van der Waals surface area contributed by atoms with Gasteiger partial charge >= 0.3 is 0 Å². The SMILES string of the molecule is O=C(NO)C1(Cc2ccc(Oc3ccccc3)cc2)CCCCS1(=O)=O. The molecule has 0 aromatic heterocycles. The molecule has 1 aliphatic rings. The highest BCUT2D eigenvalue weighted by Gasteiger charge is 2.51. The molecule has 0 aliphatic carbocycles. The zero-order valence-corrected chi connectivity index (χ0v) is 15.0. The van der Waals surface area contributed by atoms with E-state index in [1.807, 2.05) is 30.3 Å². The van der Waals surface area contributed by atoms with Crippen molar-refractivity contribution in [2.75, 3.05) is 5.75 Å². The van der Waals surface area contributed by atoms with Crippen molar-refractivity contribution in [3.05, 3.63) is 60.2 Å². The lowest BCUT2D eigenvalue weighted by atomic mass is 9.92. The molecule has 0 bridgehead atoms. The van der Waals surface area contributed by atoms with Crippen LogP contribution in [0.4, 0.5) is 0 Å². The Labute approximate surface area is 152 Å². The third kappa shape index (κ3) is 3.59. The molecule has 2 aromatic rings. The van der Waals surface area contributed by atoms with Crippen molar-refractivity contribution in [2.24, 2.45) is 0 Å². The lowest BCUT2D eigenvalue weighted by molar-refractivity contribution is -0.132. The van der Waals surface area contributed by atoms with E-state index in [-0.39, 0.29) is 18.6 Å². The highest BCUT2D eigenvalue weighted by atomic mass is 32.2. The van der Waals surface area contributed by atoms with E-state index in [2.05, 4.69) is 0 Å². The molecule has 6 nitrogen and oxygen atoms in total. The van der Waals surface area contributed by atoms with Crippen LogP contribution in [0.2, 0.25) is 0 Å². The zero-order valence-electron chi connectivity index (χ0n) is 14.2. The third-order valence-electron chi connectivity index (χ3n) is 4.75. The zero-order chi connectivity index (χ0) is 18.6. The lowest BCUT2D eigenvalue weighted by Gasteiger charge is -2.34. The molecule has 1 unspecified atom stereocenters. The van der Waals surface area contributed by atoms with Gasteiger partial charge in [-0.2, -0.15) is 0 Å². The maximum Gasteiger partial charge on any atom is 0.265 e. The van der Waals surface area contributed by atoms with E-state index in [1.54, 1.807) is 29.7 Å². The van der Waals surface area contributed by atoms with E-state index in [0.29, 0.717) is 29.9 Å². The van der Waals surface area contributed by atoms with Gasteiger partial charge in [-0.1, -0.05) is 36.8 Å². The first-order valence-electron chi connectivity index (χ1n) is 8.45. The summed E-state index contributed by atoms with van der Waals surface area (Å²) in [5.41, 5.74) is 2.25. The van der Waals surface area contributed by atoms with Crippen LogP contribution in [0.15, 0.2) is 54.6 Å². The smallest absolute Gasteiger partial charge is 0.265 e. The number of carbonyl (C=O) groups is 1. The Kier molecular flexibility index (Phi) is 5.29. The number of sulfone groups is 1. The molecule has 1 heterocycles. The number of para-hydroxylation sites is 1. The number of amides is 1. The van der Waals surface area contributed by atoms with Gasteiger partial charge in [0.1, 0.15) is 11.5 Å². The van der Waals surface area contributed by atoms with Gasteiger partial charge in [-0.25, -0.2) is 13.9 Å². The molecular formula is C19H21NO5S. The van der Waals surface area contributed by atoms with Crippen molar-refractivity contribution in [2.45, 2.75) is 30.4 Å². The molecule has 1 aliphatic heterocycles. The standard InChI is InChI=1S/C19H21NO5S/c21-18(20-22)19(12-4-5-13-26(19,23)24)14-15-8-10-17(11-9-15)25-16-6-2-1-3-7-16/h1-3,6-11,22H,4-5,12-14H2,(H,20,21). The third-order valence-corrected chi connectivity index (χ3v) is 7.30. The minimum absolute atomic E-state index is 0.0212. The second-order valence-corrected chi connectivity index (χ2v) is 8.87. The highest BCUT2D eigenvalue weighted by molar-refractivity contribution is 7.93. The van der Waals surface area contributed by atoms with Crippen molar-refractivity contribution >= 4 is 15.7 Å². The number of benzene rings is 2. The monoisotopic (exact) mass is 375 g/mol. The minimum atomic E-state index is -3.66. The Hall–Kier alpha value is -2.38. The molecule has 1 fully saturated rings. The van der Waals surface area contributed by atoms with Crippen molar-refractivity contribution in [3.8, 4) is 11.5 Å². The van der Waals surface area contributed by atoms with Crippen LogP contribution in [0, 0.1) is 0 Å². The topological polar surface area (TPSA) is 92.7 Å². The van der Waals surface area contributed by atoms with Crippen LogP contribution in [0.3, 0.4) is 0 Å². The number of hydrogen-bond donors (Lipinski definition) is 2. The van der Waals surface area contributed by atoms with Gasteiger partial charge in [-0.05, 0) is 42.7 Å². The molecule has 0 radical (unpaired) electrons. The second-order valence-electron chi connectivity index (χ2n) is 6.45. The number of rotatable bonds is 5. The van der Waals surface area contributed by atoms with E-state index in [4.69, 9.17) is 9.94 Å². The molecule has 3 rings (SSSR count). The molecule has 26 heavy (non-hydrogen) atoms. The summed E-state index contributed by atoms with van der Waals surface area (Å²) in [4.78, 5) is 12.3. The van der Waals surface area contributed by atoms with Gasteiger partial charge in [-0.3, -0.25) is 10.0 Å². The van der Waals surface area contributed by atoms with Gasteiger partial charge in [0, 0.05) is 6.42 Å². The fraction of sp³-hybridized carbons (Fsp3) is 0.316. The number of nitrogens with one attached hydrogen (secondary N) is 1. The molecule has 2 N–H and O–H groups in total. The molecular weight excluding hydrogens is 354 g/mol. The Morgan fingerprint density at radius 2 is 1.69 bits per heavy atom. The average Bonchev–Trinajstić information content (AvgIpc) is 2.65. The van der Waals surface area contributed by atoms with Gasteiger partial charge in [-0.15, -0.1) is 0 Å². The van der Waals surface area contributed by atoms with Crippen molar-refractivity contribution in [3.63, 3.8) is 0 Å². The van der Waals surface area contributed by atoms with E-state index >= 15 is 0 Å². The normalized spacial score (nSPS) is 21.7. The first kappa shape index (κ1) is 18.4. The van der Waals surface area contributed by atoms with Gasteiger partial charge < -0.3 is 4.74 Å². The predicted molar refractivity (Wildman–Crippen MR) is 97.0 cm³/mol. The Bertz CT molecular complexity index is 865. The summed E-state index contributed by atoms with van der Waals surface area (Å²) in [6.07, 6.45) is 1.38. The molecule has 0 spiro atoms.